The largest absolute Gasteiger partial charge is 0.497 e. The molecule has 2 N–H and O–H groups in total. The summed E-state index contributed by atoms with van der Waals surface area (Å²) >= 11 is 0. The van der Waals surface area contributed by atoms with E-state index in [0.29, 0.717) is 23.5 Å². The number of hydrogen-bond donors (Lipinski definition) is 2. The molecule has 0 radical (unpaired) electrons. The first-order valence-corrected chi connectivity index (χ1v) is 7.58. The molecule has 1 aliphatic rings. The molecule has 24 heavy (non-hydrogen) atoms. The van der Waals surface area contributed by atoms with Crippen LogP contribution in [0, 0.1) is 17.7 Å². The number of rotatable bonds is 5. The fourth-order valence-electron chi connectivity index (χ4n) is 2.45. The minimum atomic E-state index is -0.365. The smallest absolute Gasteiger partial charge is 0.228 e. The minimum Gasteiger partial charge on any atom is -0.497 e. The van der Waals surface area contributed by atoms with Crippen LogP contribution in [0.2, 0.25) is 0 Å². The molecule has 0 saturated heterocycles. The van der Waals surface area contributed by atoms with Crippen molar-refractivity contribution in [3.05, 3.63) is 54.3 Å². The van der Waals surface area contributed by atoms with Gasteiger partial charge in [0.1, 0.15) is 11.6 Å². The number of ether oxygens (including phenoxy) is 1. The molecule has 3 rings (SSSR count). The van der Waals surface area contributed by atoms with Crippen molar-refractivity contribution in [2.45, 2.75) is 6.42 Å². The fraction of sp³-hybridized carbons (Fsp3) is 0.222. The van der Waals surface area contributed by atoms with E-state index in [1.807, 2.05) is 0 Å². The number of amides is 2. The van der Waals surface area contributed by atoms with Crippen molar-refractivity contribution >= 4 is 23.2 Å². The van der Waals surface area contributed by atoms with E-state index in [1.54, 1.807) is 31.4 Å². The zero-order valence-electron chi connectivity index (χ0n) is 13.1. The SMILES string of the molecule is COc1ccc(NC(=O)C2CC2C(=O)Nc2ccc(F)cc2)cc1. The number of benzene rings is 2. The van der Waals surface area contributed by atoms with Crippen molar-refractivity contribution in [1.82, 2.24) is 0 Å². The van der Waals surface area contributed by atoms with Gasteiger partial charge in [0.25, 0.3) is 0 Å². The van der Waals surface area contributed by atoms with Crippen LogP contribution in [-0.2, 0) is 9.59 Å². The zero-order chi connectivity index (χ0) is 17.1. The normalized spacial score (nSPS) is 18.6. The van der Waals surface area contributed by atoms with Gasteiger partial charge in [0.2, 0.25) is 11.8 Å². The molecule has 1 fully saturated rings. The second kappa shape index (κ2) is 6.70. The Kier molecular flexibility index (Phi) is 4.46. The number of methoxy groups -OCH3 is 1. The molecular weight excluding hydrogens is 311 g/mol. The highest BCUT2D eigenvalue weighted by Gasteiger charge is 2.48. The van der Waals surface area contributed by atoms with E-state index in [1.165, 1.54) is 24.3 Å². The molecule has 0 spiro atoms. The van der Waals surface area contributed by atoms with Crippen LogP contribution in [-0.4, -0.2) is 18.9 Å². The number of carbonyl (C=O) groups is 2. The summed E-state index contributed by atoms with van der Waals surface area (Å²) in [6, 6.07) is 12.5. The van der Waals surface area contributed by atoms with Crippen LogP contribution in [0.3, 0.4) is 0 Å². The molecule has 2 amide bonds. The van der Waals surface area contributed by atoms with Crippen molar-refractivity contribution in [3.8, 4) is 5.75 Å². The summed E-state index contributed by atoms with van der Waals surface area (Å²) < 4.78 is 17.9. The molecule has 2 aromatic carbocycles. The Balaban J connectivity index is 1.52. The van der Waals surface area contributed by atoms with Crippen molar-refractivity contribution in [2.24, 2.45) is 11.8 Å². The highest BCUT2D eigenvalue weighted by Crippen LogP contribution is 2.40. The maximum Gasteiger partial charge on any atom is 0.228 e. The number of halogens is 1. The molecule has 2 atom stereocenters. The minimum absolute atomic E-state index is 0.181. The van der Waals surface area contributed by atoms with Gasteiger partial charge in [-0.05, 0) is 55.0 Å². The highest BCUT2D eigenvalue weighted by molar-refractivity contribution is 6.03. The van der Waals surface area contributed by atoms with Gasteiger partial charge in [-0.25, -0.2) is 4.39 Å². The third-order valence-electron chi connectivity index (χ3n) is 3.93. The molecule has 1 saturated carbocycles. The van der Waals surface area contributed by atoms with Crippen molar-refractivity contribution in [2.75, 3.05) is 17.7 Å². The predicted molar refractivity (Wildman–Crippen MR) is 88.3 cm³/mol. The summed E-state index contributed by atoms with van der Waals surface area (Å²) in [6.45, 7) is 0. The summed E-state index contributed by atoms with van der Waals surface area (Å²) in [4.78, 5) is 24.3. The Bertz CT molecular complexity index is 744. The lowest BCUT2D eigenvalue weighted by Gasteiger charge is -2.07. The van der Waals surface area contributed by atoms with Crippen LogP contribution in [0.25, 0.3) is 0 Å². The molecule has 1 aliphatic carbocycles. The van der Waals surface area contributed by atoms with Gasteiger partial charge in [-0.1, -0.05) is 0 Å². The van der Waals surface area contributed by atoms with Crippen molar-refractivity contribution < 1.29 is 18.7 Å². The van der Waals surface area contributed by atoms with Gasteiger partial charge in [-0.15, -0.1) is 0 Å². The Morgan fingerprint density at radius 1 is 0.917 bits per heavy atom. The van der Waals surface area contributed by atoms with Gasteiger partial charge in [-0.2, -0.15) is 0 Å². The van der Waals surface area contributed by atoms with Gasteiger partial charge >= 0.3 is 0 Å². The summed E-state index contributed by atoms with van der Waals surface area (Å²) in [5.41, 5.74) is 1.17. The first-order chi connectivity index (χ1) is 11.6. The molecule has 2 aromatic rings. The lowest BCUT2D eigenvalue weighted by atomic mass is 10.2. The van der Waals surface area contributed by atoms with Crippen LogP contribution in [0.1, 0.15) is 6.42 Å². The summed E-state index contributed by atoms with van der Waals surface area (Å²) in [5.74, 6) is -0.760. The predicted octanol–water partition coefficient (Wildman–Crippen LogP) is 3.05. The third kappa shape index (κ3) is 3.71. The average Bonchev–Trinajstić information content (AvgIpc) is 3.38. The summed E-state index contributed by atoms with van der Waals surface area (Å²) in [6.07, 6.45) is 0.509. The molecule has 0 aromatic heterocycles. The zero-order valence-corrected chi connectivity index (χ0v) is 13.1. The van der Waals surface area contributed by atoms with Gasteiger partial charge < -0.3 is 15.4 Å². The van der Waals surface area contributed by atoms with E-state index in [9.17, 15) is 14.0 Å². The lowest BCUT2D eigenvalue weighted by Crippen LogP contribution is -2.20. The van der Waals surface area contributed by atoms with Crippen molar-refractivity contribution in [1.29, 1.82) is 0 Å². The van der Waals surface area contributed by atoms with E-state index in [-0.39, 0.29) is 29.5 Å². The van der Waals surface area contributed by atoms with E-state index < -0.39 is 0 Å². The van der Waals surface area contributed by atoms with Gasteiger partial charge in [0, 0.05) is 11.4 Å². The maximum absolute atomic E-state index is 12.8. The summed E-state index contributed by atoms with van der Waals surface area (Å²) in [7, 11) is 1.57. The van der Waals surface area contributed by atoms with Crippen LogP contribution >= 0.6 is 0 Å². The third-order valence-corrected chi connectivity index (χ3v) is 3.93. The first kappa shape index (κ1) is 16.0. The standard InChI is InChI=1S/C18H17FN2O3/c1-24-14-8-6-13(7-9-14)21-18(23)16-10-15(16)17(22)20-12-4-2-11(19)3-5-12/h2-9,15-16H,10H2,1H3,(H,20,22)(H,21,23). The Hall–Kier alpha value is -2.89. The monoisotopic (exact) mass is 328 g/mol. The van der Waals surface area contributed by atoms with E-state index in [2.05, 4.69) is 10.6 Å². The van der Waals surface area contributed by atoms with E-state index >= 15 is 0 Å². The number of anilines is 2. The molecule has 124 valence electrons. The molecule has 0 aliphatic heterocycles. The molecule has 5 nitrogen and oxygen atoms in total. The Labute approximate surface area is 138 Å². The molecule has 2 unspecified atom stereocenters. The van der Waals surface area contributed by atoms with Gasteiger partial charge in [-0.3, -0.25) is 9.59 Å². The summed E-state index contributed by atoms with van der Waals surface area (Å²) in [5, 5.41) is 5.48. The van der Waals surface area contributed by atoms with Gasteiger partial charge in [0.05, 0.1) is 18.9 Å². The van der Waals surface area contributed by atoms with Crippen LogP contribution < -0.4 is 15.4 Å². The molecule has 0 heterocycles. The lowest BCUT2D eigenvalue weighted by molar-refractivity contribution is -0.122. The number of nitrogens with one attached hydrogen (secondary N) is 2. The fourth-order valence-corrected chi connectivity index (χ4v) is 2.45. The number of hydrogen-bond acceptors (Lipinski definition) is 3. The molecule has 6 heteroatoms. The highest BCUT2D eigenvalue weighted by atomic mass is 19.1. The Morgan fingerprint density at radius 2 is 1.38 bits per heavy atom. The van der Waals surface area contributed by atoms with Crippen LogP contribution in [0.5, 0.6) is 5.75 Å². The molecule has 0 bridgehead atoms. The number of carbonyl (C=O) groups excluding carboxylic acids is 2. The van der Waals surface area contributed by atoms with Crippen molar-refractivity contribution in [3.63, 3.8) is 0 Å². The quantitative estimate of drug-likeness (QED) is 0.886. The average molecular weight is 328 g/mol. The Morgan fingerprint density at radius 3 is 1.83 bits per heavy atom. The van der Waals surface area contributed by atoms with E-state index in [0.717, 1.165) is 0 Å². The van der Waals surface area contributed by atoms with Crippen LogP contribution in [0.15, 0.2) is 48.5 Å². The second-order valence-electron chi connectivity index (χ2n) is 5.66. The second-order valence-corrected chi connectivity index (χ2v) is 5.66. The van der Waals surface area contributed by atoms with E-state index in [4.69, 9.17) is 4.74 Å². The first-order valence-electron chi connectivity index (χ1n) is 7.58. The topological polar surface area (TPSA) is 67.4 Å². The van der Waals surface area contributed by atoms with Crippen LogP contribution in [0.4, 0.5) is 15.8 Å². The molecular formula is C18H17FN2O3. The van der Waals surface area contributed by atoms with Gasteiger partial charge in [0.15, 0.2) is 0 Å². The maximum atomic E-state index is 12.8.